The first-order chi connectivity index (χ1) is 7.54. The van der Waals surface area contributed by atoms with Crippen LogP contribution in [0.2, 0.25) is 0 Å². The Kier molecular flexibility index (Phi) is 4.70. The Bertz CT molecular complexity index is 423. The summed E-state index contributed by atoms with van der Waals surface area (Å²) in [4.78, 5) is 11.7. The van der Waals surface area contributed by atoms with E-state index in [1.54, 1.807) is 18.2 Å². The third-order valence-electron chi connectivity index (χ3n) is 1.72. The van der Waals surface area contributed by atoms with Crippen molar-refractivity contribution < 1.29 is 9.53 Å². The zero-order valence-electron chi connectivity index (χ0n) is 8.62. The molecule has 0 atom stereocenters. The van der Waals surface area contributed by atoms with Crippen LogP contribution in [-0.2, 0) is 0 Å². The smallest absolute Gasteiger partial charge is 0.261 e. The average Bonchev–Trinajstić information content (AvgIpc) is 2.20. The largest absolute Gasteiger partial charge is 0.493 e. The quantitative estimate of drug-likeness (QED) is 0.836. The lowest BCUT2D eigenvalue weighted by Crippen LogP contribution is -2.34. The van der Waals surface area contributed by atoms with E-state index < -0.39 is 0 Å². The SMILES string of the molecule is CCOc1ccc(Br)cc1C(=O)NC(N)=S. The molecule has 86 valence electrons. The molecule has 1 aromatic carbocycles. The highest BCUT2D eigenvalue weighted by atomic mass is 79.9. The Morgan fingerprint density at radius 3 is 2.88 bits per heavy atom. The first kappa shape index (κ1) is 12.9. The number of hydrogen-bond acceptors (Lipinski definition) is 3. The average molecular weight is 303 g/mol. The minimum atomic E-state index is -0.378. The van der Waals surface area contributed by atoms with E-state index in [4.69, 9.17) is 10.5 Å². The van der Waals surface area contributed by atoms with Gasteiger partial charge in [0.05, 0.1) is 12.2 Å². The summed E-state index contributed by atoms with van der Waals surface area (Å²) in [6.45, 7) is 2.33. The lowest BCUT2D eigenvalue weighted by Gasteiger charge is -2.10. The van der Waals surface area contributed by atoms with Crippen LogP contribution in [0, 0.1) is 0 Å². The number of halogens is 1. The van der Waals surface area contributed by atoms with Crippen LogP contribution in [0.25, 0.3) is 0 Å². The van der Waals surface area contributed by atoms with E-state index in [2.05, 4.69) is 33.5 Å². The monoisotopic (exact) mass is 302 g/mol. The van der Waals surface area contributed by atoms with Gasteiger partial charge in [-0.25, -0.2) is 0 Å². The van der Waals surface area contributed by atoms with Crippen LogP contribution >= 0.6 is 28.1 Å². The first-order valence-corrected chi connectivity index (χ1v) is 5.78. The molecule has 0 aliphatic carbocycles. The molecule has 16 heavy (non-hydrogen) atoms. The van der Waals surface area contributed by atoms with Crippen molar-refractivity contribution >= 4 is 39.2 Å². The predicted octanol–water partition coefficient (Wildman–Crippen LogP) is 1.82. The number of thiocarbonyl (C=S) groups is 1. The fraction of sp³-hybridized carbons (Fsp3) is 0.200. The summed E-state index contributed by atoms with van der Waals surface area (Å²) in [6, 6.07) is 5.16. The molecule has 0 aliphatic heterocycles. The summed E-state index contributed by atoms with van der Waals surface area (Å²) in [7, 11) is 0. The van der Waals surface area contributed by atoms with Gasteiger partial charge in [0.25, 0.3) is 5.91 Å². The van der Waals surface area contributed by atoms with Crippen molar-refractivity contribution in [2.45, 2.75) is 6.92 Å². The Labute approximate surface area is 107 Å². The molecule has 0 fully saturated rings. The highest BCUT2D eigenvalue weighted by Gasteiger charge is 2.13. The number of rotatable bonds is 3. The van der Waals surface area contributed by atoms with E-state index in [0.717, 1.165) is 4.47 Å². The maximum atomic E-state index is 11.7. The number of nitrogens with one attached hydrogen (secondary N) is 1. The second kappa shape index (κ2) is 5.81. The van der Waals surface area contributed by atoms with Gasteiger partial charge in [0.15, 0.2) is 5.11 Å². The number of benzene rings is 1. The molecule has 4 nitrogen and oxygen atoms in total. The van der Waals surface area contributed by atoms with E-state index in [0.29, 0.717) is 17.9 Å². The van der Waals surface area contributed by atoms with Crippen LogP contribution in [0.5, 0.6) is 5.75 Å². The Hall–Kier alpha value is -1.14. The number of ether oxygens (including phenoxy) is 1. The van der Waals surface area contributed by atoms with Crippen LogP contribution < -0.4 is 15.8 Å². The Balaban J connectivity index is 3.03. The van der Waals surface area contributed by atoms with E-state index in [1.807, 2.05) is 6.92 Å². The lowest BCUT2D eigenvalue weighted by molar-refractivity contribution is 0.0973. The zero-order valence-corrected chi connectivity index (χ0v) is 11.0. The predicted molar refractivity (Wildman–Crippen MR) is 69.6 cm³/mol. The molecule has 0 aromatic heterocycles. The minimum Gasteiger partial charge on any atom is -0.493 e. The van der Waals surface area contributed by atoms with E-state index in [-0.39, 0.29) is 11.0 Å². The second-order valence-electron chi connectivity index (χ2n) is 2.89. The molecule has 0 heterocycles. The third-order valence-corrected chi connectivity index (χ3v) is 2.32. The molecule has 1 rings (SSSR count). The number of nitrogens with two attached hydrogens (primary N) is 1. The van der Waals surface area contributed by atoms with Gasteiger partial charge in [0.2, 0.25) is 0 Å². The number of amides is 1. The van der Waals surface area contributed by atoms with Gasteiger partial charge in [0, 0.05) is 4.47 Å². The Morgan fingerprint density at radius 1 is 1.62 bits per heavy atom. The van der Waals surface area contributed by atoms with Gasteiger partial charge in [0.1, 0.15) is 5.75 Å². The van der Waals surface area contributed by atoms with Crippen LogP contribution in [-0.4, -0.2) is 17.6 Å². The summed E-state index contributed by atoms with van der Waals surface area (Å²) >= 11 is 7.89. The Morgan fingerprint density at radius 2 is 2.31 bits per heavy atom. The second-order valence-corrected chi connectivity index (χ2v) is 4.25. The number of hydrogen-bond donors (Lipinski definition) is 2. The highest BCUT2D eigenvalue weighted by molar-refractivity contribution is 9.10. The summed E-state index contributed by atoms with van der Waals surface area (Å²) in [6.07, 6.45) is 0. The fourth-order valence-electron chi connectivity index (χ4n) is 1.14. The molecule has 0 aliphatic rings. The molecule has 1 aromatic rings. The molecular formula is C10H11BrN2O2S. The van der Waals surface area contributed by atoms with Crippen molar-refractivity contribution in [1.29, 1.82) is 0 Å². The van der Waals surface area contributed by atoms with Crippen LogP contribution in [0.1, 0.15) is 17.3 Å². The van der Waals surface area contributed by atoms with Crippen LogP contribution in [0.4, 0.5) is 0 Å². The molecule has 0 radical (unpaired) electrons. The van der Waals surface area contributed by atoms with E-state index in [9.17, 15) is 4.79 Å². The molecule has 0 saturated heterocycles. The molecular weight excluding hydrogens is 292 g/mol. The van der Waals surface area contributed by atoms with E-state index >= 15 is 0 Å². The van der Waals surface area contributed by atoms with Gasteiger partial charge in [-0.15, -0.1) is 0 Å². The van der Waals surface area contributed by atoms with Gasteiger partial charge >= 0.3 is 0 Å². The number of carbonyl (C=O) groups is 1. The normalized spacial score (nSPS) is 9.62. The minimum absolute atomic E-state index is 0.0626. The highest BCUT2D eigenvalue weighted by Crippen LogP contribution is 2.23. The van der Waals surface area contributed by atoms with Crippen molar-refractivity contribution in [3.8, 4) is 5.75 Å². The van der Waals surface area contributed by atoms with Gasteiger partial charge in [-0.2, -0.15) is 0 Å². The lowest BCUT2D eigenvalue weighted by atomic mass is 10.2. The summed E-state index contributed by atoms with van der Waals surface area (Å²) in [5.41, 5.74) is 5.63. The van der Waals surface area contributed by atoms with Crippen molar-refractivity contribution in [3.05, 3.63) is 28.2 Å². The van der Waals surface area contributed by atoms with Crippen LogP contribution in [0.15, 0.2) is 22.7 Å². The van der Waals surface area contributed by atoms with Crippen molar-refractivity contribution in [1.82, 2.24) is 5.32 Å². The number of carbonyl (C=O) groups excluding carboxylic acids is 1. The molecule has 3 N–H and O–H groups in total. The molecule has 1 amide bonds. The summed E-state index contributed by atoms with van der Waals surface area (Å²) < 4.78 is 6.11. The third kappa shape index (κ3) is 3.46. The van der Waals surface area contributed by atoms with Gasteiger partial charge < -0.3 is 10.5 Å². The van der Waals surface area contributed by atoms with Crippen molar-refractivity contribution in [2.24, 2.45) is 5.73 Å². The maximum absolute atomic E-state index is 11.7. The standard InChI is InChI=1S/C10H11BrN2O2S/c1-2-15-8-4-3-6(11)5-7(8)9(14)13-10(12)16/h3-5H,2H2,1H3,(H3,12,13,14,16). The molecule has 0 saturated carbocycles. The molecule has 0 unspecified atom stereocenters. The van der Waals surface area contributed by atoms with E-state index in [1.165, 1.54) is 0 Å². The van der Waals surface area contributed by atoms with Crippen LogP contribution in [0.3, 0.4) is 0 Å². The van der Waals surface area contributed by atoms with Crippen molar-refractivity contribution in [3.63, 3.8) is 0 Å². The maximum Gasteiger partial charge on any atom is 0.261 e. The van der Waals surface area contributed by atoms with Gasteiger partial charge in [-0.3, -0.25) is 10.1 Å². The molecule has 6 heteroatoms. The molecule has 0 bridgehead atoms. The topological polar surface area (TPSA) is 64.3 Å². The van der Waals surface area contributed by atoms with Crippen molar-refractivity contribution in [2.75, 3.05) is 6.61 Å². The van der Waals surface area contributed by atoms with Gasteiger partial charge in [-0.1, -0.05) is 15.9 Å². The van der Waals surface area contributed by atoms with Gasteiger partial charge in [-0.05, 0) is 37.3 Å². The zero-order chi connectivity index (χ0) is 12.1. The fourth-order valence-corrected chi connectivity index (χ4v) is 1.59. The summed E-state index contributed by atoms with van der Waals surface area (Å²) in [5, 5.41) is 2.29. The molecule has 0 spiro atoms. The summed E-state index contributed by atoms with van der Waals surface area (Å²) in [5.74, 6) is 0.122. The first-order valence-electron chi connectivity index (χ1n) is 4.57.